The molecule has 4 nitrogen and oxygen atoms in total. The van der Waals surface area contributed by atoms with E-state index in [-0.39, 0.29) is 5.91 Å². The van der Waals surface area contributed by atoms with Crippen LogP contribution in [0.2, 0.25) is 0 Å². The Balaban J connectivity index is 1.69. The van der Waals surface area contributed by atoms with Crippen molar-refractivity contribution in [1.29, 1.82) is 0 Å². The molecule has 1 N–H and O–H groups in total. The van der Waals surface area contributed by atoms with E-state index in [1.807, 2.05) is 50.2 Å². The molecule has 1 amide bonds. The lowest BCUT2D eigenvalue weighted by molar-refractivity contribution is -0.122. The highest BCUT2D eigenvalue weighted by atomic mass is 32.1. The van der Waals surface area contributed by atoms with Crippen LogP contribution in [0.15, 0.2) is 40.8 Å². The highest BCUT2D eigenvalue weighted by Crippen LogP contribution is 2.31. The van der Waals surface area contributed by atoms with E-state index in [1.54, 1.807) is 11.3 Å². The summed E-state index contributed by atoms with van der Waals surface area (Å²) in [5.74, 6) is 1.89. The topological polar surface area (TPSA) is 55.1 Å². The highest BCUT2D eigenvalue weighted by molar-refractivity contribution is 7.21. The van der Waals surface area contributed by atoms with Crippen LogP contribution in [0.3, 0.4) is 0 Å². The van der Waals surface area contributed by atoms with Crippen LogP contribution in [-0.2, 0) is 11.3 Å². The molecule has 3 aromatic rings. The summed E-state index contributed by atoms with van der Waals surface area (Å²) in [4.78, 5) is 16.2. The second kappa shape index (κ2) is 6.32. The fraction of sp³-hybridized carbons (Fsp3) is 0.294. The zero-order chi connectivity index (χ0) is 15.5. The number of fused-ring (bicyclic) bond motifs is 1. The molecule has 5 heteroatoms. The molecule has 0 aliphatic rings. The lowest BCUT2D eigenvalue weighted by Crippen LogP contribution is -2.23. The Hall–Kier alpha value is -2.14. The fourth-order valence-corrected chi connectivity index (χ4v) is 3.12. The Morgan fingerprint density at radius 3 is 2.86 bits per heavy atom. The Labute approximate surface area is 133 Å². The SMILES string of the molecule is CC(C)CC(=O)NCc1ccc(-c2nc3ccccc3s2)o1. The van der Waals surface area contributed by atoms with Crippen LogP contribution in [-0.4, -0.2) is 10.9 Å². The van der Waals surface area contributed by atoms with E-state index in [2.05, 4.69) is 10.3 Å². The maximum atomic E-state index is 11.7. The smallest absolute Gasteiger partial charge is 0.220 e. The predicted molar refractivity (Wildman–Crippen MR) is 88.6 cm³/mol. The quantitative estimate of drug-likeness (QED) is 0.767. The van der Waals surface area contributed by atoms with Gasteiger partial charge in [0.05, 0.1) is 16.8 Å². The van der Waals surface area contributed by atoms with Crippen LogP contribution in [0.5, 0.6) is 0 Å². The maximum absolute atomic E-state index is 11.7. The minimum Gasteiger partial charge on any atom is -0.457 e. The zero-order valence-electron chi connectivity index (χ0n) is 12.6. The van der Waals surface area contributed by atoms with E-state index < -0.39 is 0 Å². The molecule has 3 rings (SSSR count). The number of amides is 1. The van der Waals surface area contributed by atoms with Gasteiger partial charge < -0.3 is 9.73 Å². The van der Waals surface area contributed by atoms with E-state index >= 15 is 0 Å². The van der Waals surface area contributed by atoms with Gasteiger partial charge in [0.1, 0.15) is 5.76 Å². The highest BCUT2D eigenvalue weighted by Gasteiger charge is 2.11. The number of thiazole rings is 1. The van der Waals surface area contributed by atoms with Gasteiger partial charge in [0.25, 0.3) is 0 Å². The number of hydrogen-bond acceptors (Lipinski definition) is 4. The summed E-state index contributed by atoms with van der Waals surface area (Å²) >= 11 is 1.60. The first-order valence-electron chi connectivity index (χ1n) is 7.33. The van der Waals surface area contributed by atoms with Crippen molar-refractivity contribution in [1.82, 2.24) is 10.3 Å². The first-order chi connectivity index (χ1) is 10.6. The lowest BCUT2D eigenvalue weighted by Gasteiger charge is -2.05. The molecule has 2 heterocycles. The van der Waals surface area contributed by atoms with Gasteiger partial charge in [0, 0.05) is 6.42 Å². The standard InChI is InChI=1S/C17H18N2O2S/c1-11(2)9-16(20)18-10-12-7-8-14(21-12)17-19-13-5-3-4-6-15(13)22-17/h3-8,11H,9-10H2,1-2H3,(H,18,20). The second-order valence-electron chi connectivity index (χ2n) is 5.63. The van der Waals surface area contributed by atoms with Gasteiger partial charge in [-0.2, -0.15) is 0 Å². The van der Waals surface area contributed by atoms with E-state index in [0.29, 0.717) is 18.9 Å². The Kier molecular flexibility index (Phi) is 4.24. The molecule has 1 aromatic carbocycles. The predicted octanol–water partition coefficient (Wildman–Crippen LogP) is 4.22. The zero-order valence-corrected chi connectivity index (χ0v) is 13.4. The lowest BCUT2D eigenvalue weighted by atomic mass is 10.1. The molecule has 0 saturated heterocycles. The first-order valence-corrected chi connectivity index (χ1v) is 8.15. The van der Waals surface area contributed by atoms with Crippen LogP contribution < -0.4 is 5.32 Å². The Morgan fingerprint density at radius 1 is 1.27 bits per heavy atom. The molecule has 22 heavy (non-hydrogen) atoms. The van der Waals surface area contributed by atoms with Gasteiger partial charge in [0.2, 0.25) is 5.91 Å². The minimum absolute atomic E-state index is 0.0490. The summed E-state index contributed by atoms with van der Waals surface area (Å²) in [6.07, 6.45) is 0.533. The van der Waals surface area contributed by atoms with Crippen LogP contribution in [0, 0.1) is 5.92 Å². The van der Waals surface area contributed by atoms with Gasteiger partial charge in [0.15, 0.2) is 10.8 Å². The van der Waals surface area contributed by atoms with Crippen molar-refractivity contribution in [3.05, 3.63) is 42.2 Å². The number of carbonyl (C=O) groups excluding carboxylic acids is 1. The van der Waals surface area contributed by atoms with Crippen molar-refractivity contribution >= 4 is 27.5 Å². The average Bonchev–Trinajstić information content (AvgIpc) is 3.10. The largest absolute Gasteiger partial charge is 0.457 e. The van der Waals surface area contributed by atoms with Crippen LogP contribution in [0.1, 0.15) is 26.0 Å². The van der Waals surface area contributed by atoms with Crippen LogP contribution >= 0.6 is 11.3 Å². The third-order valence-electron chi connectivity index (χ3n) is 3.22. The van der Waals surface area contributed by atoms with Gasteiger partial charge >= 0.3 is 0 Å². The third-order valence-corrected chi connectivity index (χ3v) is 4.27. The summed E-state index contributed by atoms with van der Waals surface area (Å²) in [5, 5.41) is 3.73. The Morgan fingerprint density at radius 2 is 2.09 bits per heavy atom. The molecular formula is C17H18N2O2S. The second-order valence-corrected chi connectivity index (χ2v) is 6.66. The summed E-state index contributed by atoms with van der Waals surface area (Å²) in [7, 11) is 0. The van der Waals surface area contributed by atoms with E-state index in [4.69, 9.17) is 4.42 Å². The number of nitrogens with zero attached hydrogens (tertiary/aromatic N) is 1. The molecule has 0 unspecified atom stereocenters. The van der Waals surface area contributed by atoms with E-state index in [1.165, 1.54) is 0 Å². The minimum atomic E-state index is 0.0490. The molecule has 0 aliphatic heterocycles. The maximum Gasteiger partial charge on any atom is 0.220 e. The number of rotatable bonds is 5. The van der Waals surface area contributed by atoms with Gasteiger partial charge in [-0.1, -0.05) is 26.0 Å². The van der Waals surface area contributed by atoms with Gasteiger partial charge in [-0.05, 0) is 30.2 Å². The van der Waals surface area contributed by atoms with Gasteiger partial charge in [-0.15, -0.1) is 11.3 Å². The Bertz CT molecular complexity index is 756. The van der Waals surface area contributed by atoms with Crippen molar-refractivity contribution in [2.24, 2.45) is 5.92 Å². The van der Waals surface area contributed by atoms with Crippen LogP contribution in [0.4, 0.5) is 0 Å². The van der Waals surface area contributed by atoms with E-state index in [0.717, 1.165) is 26.7 Å². The molecule has 0 fully saturated rings. The molecule has 0 spiro atoms. The van der Waals surface area contributed by atoms with Crippen molar-refractivity contribution in [2.75, 3.05) is 0 Å². The molecular weight excluding hydrogens is 296 g/mol. The molecule has 114 valence electrons. The van der Waals surface area contributed by atoms with Gasteiger partial charge in [-0.3, -0.25) is 4.79 Å². The van der Waals surface area contributed by atoms with Gasteiger partial charge in [-0.25, -0.2) is 4.98 Å². The van der Waals surface area contributed by atoms with Crippen LogP contribution in [0.25, 0.3) is 21.0 Å². The molecule has 2 aromatic heterocycles. The molecule has 0 atom stereocenters. The number of aromatic nitrogens is 1. The number of furan rings is 1. The molecule has 0 saturated carbocycles. The average molecular weight is 314 g/mol. The third kappa shape index (κ3) is 3.36. The molecule has 0 aliphatic carbocycles. The molecule has 0 radical (unpaired) electrons. The monoisotopic (exact) mass is 314 g/mol. The summed E-state index contributed by atoms with van der Waals surface area (Å²) in [5.41, 5.74) is 0.977. The number of para-hydroxylation sites is 1. The fourth-order valence-electron chi connectivity index (χ4n) is 2.19. The van der Waals surface area contributed by atoms with E-state index in [9.17, 15) is 4.79 Å². The number of carbonyl (C=O) groups is 1. The summed E-state index contributed by atoms with van der Waals surface area (Å²) in [6.45, 7) is 4.46. The van der Waals surface area contributed by atoms with Crippen molar-refractivity contribution in [3.63, 3.8) is 0 Å². The normalized spacial score (nSPS) is 11.2. The number of hydrogen-bond donors (Lipinski definition) is 1. The molecule has 0 bridgehead atoms. The van der Waals surface area contributed by atoms with Crippen molar-refractivity contribution in [3.8, 4) is 10.8 Å². The first kappa shape index (κ1) is 14.8. The van der Waals surface area contributed by atoms with Crippen molar-refractivity contribution < 1.29 is 9.21 Å². The summed E-state index contributed by atoms with van der Waals surface area (Å²) < 4.78 is 6.93. The number of nitrogens with one attached hydrogen (secondary N) is 1. The van der Waals surface area contributed by atoms with Crippen molar-refractivity contribution in [2.45, 2.75) is 26.8 Å². The summed E-state index contributed by atoms with van der Waals surface area (Å²) in [6, 6.07) is 11.8. The number of benzene rings is 1.